The molecule has 1 saturated heterocycles. The Morgan fingerprint density at radius 1 is 1.10 bits per heavy atom. The van der Waals surface area contributed by atoms with E-state index in [1.165, 1.54) is 0 Å². The molecule has 1 amide bonds. The van der Waals surface area contributed by atoms with Crippen molar-refractivity contribution in [1.29, 1.82) is 0 Å². The van der Waals surface area contributed by atoms with Crippen LogP contribution in [0.25, 0.3) is 0 Å². The fraction of sp³-hybridized carbons (Fsp3) is 0.533. The average molecular weight is 315 g/mol. The predicted octanol–water partition coefficient (Wildman–Crippen LogP) is 3.83. The molecule has 20 heavy (non-hydrogen) atoms. The molecule has 0 atom stereocenters. The van der Waals surface area contributed by atoms with Gasteiger partial charge in [-0.3, -0.25) is 4.79 Å². The van der Waals surface area contributed by atoms with Crippen LogP contribution in [0.4, 0.5) is 5.69 Å². The Morgan fingerprint density at radius 2 is 1.70 bits per heavy atom. The van der Waals surface area contributed by atoms with Crippen LogP contribution in [0.5, 0.6) is 0 Å². The molecule has 0 unspecified atom stereocenters. The minimum atomic E-state index is 0.274. The van der Waals surface area contributed by atoms with Crippen molar-refractivity contribution in [1.82, 2.24) is 4.90 Å². The number of unbranched alkanes of at least 4 members (excludes halogenated alkanes) is 1. The maximum atomic E-state index is 12.0. The van der Waals surface area contributed by atoms with Gasteiger partial charge in [-0.2, -0.15) is 0 Å². The zero-order valence-electron chi connectivity index (χ0n) is 11.7. The van der Waals surface area contributed by atoms with Crippen molar-refractivity contribution >= 4 is 34.8 Å². The Labute approximate surface area is 130 Å². The van der Waals surface area contributed by atoms with Gasteiger partial charge < -0.3 is 9.80 Å². The van der Waals surface area contributed by atoms with E-state index in [4.69, 9.17) is 23.2 Å². The normalized spacial score (nSPS) is 15.6. The molecule has 1 aliphatic heterocycles. The SMILES string of the molecule is CCCCC(=O)N1CCN(c2cc(Cl)cc(Cl)c2)CC1. The summed E-state index contributed by atoms with van der Waals surface area (Å²) in [5, 5.41) is 1.29. The van der Waals surface area contributed by atoms with Gasteiger partial charge in [-0.15, -0.1) is 0 Å². The molecule has 1 fully saturated rings. The van der Waals surface area contributed by atoms with Gasteiger partial charge in [0.25, 0.3) is 0 Å². The number of carbonyl (C=O) groups excluding carboxylic acids is 1. The lowest BCUT2D eigenvalue weighted by Crippen LogP contribution is -2.48. The lowest BCUT2D eigenvalue weighted by atomic mass is 10.2. The molecular weight excluding hydrogens is 295 g/mol. The van der Waals surface area contributed by atoms with Crippen LogP contribution in [0.3, 0.4) is 0 Å². The van der Waals surface area contributed by atoms with Crippen molar-refractivity contribution < 1.29 is 4.79 Å². The van der Waals surface area contributed by atoms with E-state index in [9.17, 15) is 4.79 Å². The summed E-state index contributed by atoms with van der Waals surface area (Å²) in [4.78, 5) is 16.2. The molecule has 0 radical (unpaired) electrons. The molecule has 3 nitrogen and oxygen atoms in total. The van der Waals surface area contributed by atoms with E-state index in [-0.39, 0.29) is 5.91 Å². The van der Waals surface area contributed by atoms with Crippen molar-refractivity contribution in [3.8, 4) is 0 Å². The molecule has 0 aromatic heterocycles. The van der Waals surface area contributed by atoms with Crippen molar-refractivity contribution in [2.75, 3.05) is 31.1 Å². The van der Waals surface area contributed by atoms with Crippen LogP contribution in [-0.4, -0.2) is 37.0 Å². The number of hydrogen-bond acceptors (Lipinski definition) is 2. The van der Waals surface area contributed by atoms with Gasteiger partial charge in [0.1, 0.15) is 0 Å². The van der Waals surface area contributed by atoms with E-state index in [2.05, 4.69) is 11.8 Å². The zero-order chi connectivity index (χ0) is 14.5. The third kappa shape index (κ3) is 4.03. The van der Waals surface area contributed by atoms with E-state index < -0.39 is 0 Å². The van der Waals surface area contributed by atoms with Crippen LogP contribution in [0.15, 0.2) is 18.2 Å². The van der Waals surface area contributed by atoms with Gasteiger partial charge in [-0.05, 0) is 24.6 Å². The van der Waals surface area contributed by atoms with Crippen LogP contribution in [-0.2, 0) is 4.79 Å². The molecule has 0 N–H and O–H groups in total. The maximum absolute atomic E-state index is 12.0. The summed E-state index contributed by atoms with van der Waals surface area (Å²) >= 11 is 12.1. The number of anilines is 1. The van der Waals surface area contributed by atoms with Gasteiger partial charge in [0, 0.05) is 48.3 Å². The summed E-state index contributed by atoms with van der Waals surface area (Å²) in [6.45, 7) is 5.30. The van der Waals surface area contributed by atoms with Crippen molar-refractivity contribution in [2.24, 2.45) is 0 Å². The van der Waals surface area contributed by atoms with Gasteiger partial charge in [-0.25, -0.2) is 0 Å². The van der Waals surface area contributed by atoms with E-state index in [1.54, 1.807) is 6.07 Å². The maximum Gasteiger partial charge on any atom is 0.222 e. The third-order valence-corrected chi connectivity index (χ3v) is 4.03. The van der Waals surface area contributed by atoms with Crippen LogP contribution < -0.4 is 4.90 Å². The fourth-order valence-corrected chi connectivity index (χ4v) is 2.94. The highest BCUT2D eigenvalue weighted by Crippen LogP contribution is 2.26. The lowest BCUT2D eigenvalue weighted by Gasteiger charge is -2.36. The number of benzene rings is 1. The molecule has 1 aromatic carbocycles. The van der Waals surface area contributed by atoms with Crippen molar-refractivity contribution in [3.05, 3.63) is 28.2 Å². The van der Waals surface area contributed by atoms with Gasteiger partial charge in [0.05, 0.1) is 0 Å². The number of nitrogens with zero attached hydrogens (tertiary/aromatic N) is 2. The van der Waals surface area contributed by atoms with E-state index in [0.717, 1.165) is 44.7 Å². The molecule has 0 saturated carbocycles. The van der Waals surface area contributed by atoms with Gasteiger partial charge in [-0.1, -0.05) is 36.5 Å². The molecule has 1 heterocycles. The van der Waals surface area contributed by atoms with Crippen LogP contribution >= 0.6 is 23.2 Å². The Balaban J connectivity index is 1.92. The first kappa shape index (κ1) is 15.5. The Hall–Kier alpha value is -0.930. The van der Waals surface area contributed by atoms with Gasteiger partial charge in [0.15, 0.2) is 0 Å². The second-order valence-corrected chi connectivity index (χ2v) is 5.97. The highest BCUT2D eigenvalue weighted by atomic mass is 35.5. The Kier molecular flexibility index (Phi) is 5.55. The highest BCUT2D eigenvalue weighted by molar-refractivity contribution is 6.35. The van der Waals surface area contributed by atoms with E-state index in [1.807, 2.05) is 17.0 Å². The smallest absolute Gasteiger partial charge is 0.222 e. The molecular formula is C15H20Cl2N2O. The summed E-state index contributed by atoms with van der Waals surface area (Å²) in [5.74, 6) is 0.274. The lowest BCUT2D eigenvalue weighted by molar-refractivity contribution is -0.131. The molecule has 5 heteroatoms. The quantitative estimate of drug-likeness (QED) is 0.843. The summed E-state index contributed by atoms with van der Waals surface area (Å²) in [6.07, 6.45) is 2.70. The average Bonchev–Trinajstić information content (AvgIpc) is 2.44. The van der Waals surface area contributed by atoms with E-state index >= 15 is 0 Å². The molecule has 0 aliphatic carbocycles. The molecule has 0 spiro atoms. The van der Waals surface area contributed by atoms with Crippen molar-refractivity contribution in [3.63, 3.8) is 0 Å². The number of halogens is 2. The first-order valence-corrected chi connectivity index (χ1v) is 7.84. The monoisotopic (exact) mass is 314 g/mol. The van der Waals surface area contributed by atoms with Crippen molar-refractivity contribution in [2.45, 2.75) is 26.2 Å². The third-order valence-electron chi connectivity index (χ3n) is 3.59. The number of piperazine rings is 1. The zero-order valence-corrected chi connectivity index (χ0v) is 13.3. The number of rotatable bonds is 4. The fourth-order valence-electron chi connectivity index (χ4n) is 2.42. The van der Waals surface area contributed by atoms with Crippen LogP contribution in [0, 0.1) is 0 Å². The summed E-state index contributed by atoms with van der Waals surface area (Å²) < 4.78 is 0. The standard InChI is InChI=1S/C15H20Cl2N2O/c1-2-3-4-15(20)19-7-5-18(6-8-19)14-10-12(16)9-13(17)11-14/h9-11H,2-8H2,1H3. The number of amides is 1. The molecule has 110 valence electrons. The van der Waals surface area contributed by atoms with Gasteiger partial charge >= 0.3 is 0 Å². The highest BCUT2D eigenvalue weighted by Gasteiger charge is 2.21. The summed E-state index contributed by atoms with van der Waals surface area (Å²) in [7, 11) is 0. The largest absolute Gasteiger partial charge is 0.368 e. The van der Waals surface area contributed by atoms with Crippen LogP contribution in [0.2, 0.25) is 10.0 Å². The minimum absolute atomic E-state index is 0.274. The summed E-state index contributed by atoms with van der Waals surface area (Å²) in [6, 6.07) is 5.57. The minimum Gasteiger partial charge on any atom is -0.368 e. The Morgan fingerprint density at radius 3 is 2.25 bits per heavy atom. The summed E-state index contributed by atoms with van der Waals surface area (Å²) in [5.41, 5.74) is 1.03. The second-order valence-electron chi connectivity index (χ2n) is 5.10. The second kappa shape index (κ2) is 7.19. The first-order valence-electron chi connectivity index (χ1n) is 7.09. The number of carbonyl (C=O) groups is 1. The van der Waals surface area contributed by atoms with E-state index in [0.29, 0.717) is 16.5 Å². The molecule has 1 aromatic rings. The van der Waals surface area contributed by atoms with Gasteiger partial charge in [0.2, 0.25) is 5.91 Å². The first-order chi connectivity index (χ1) is 9.60. The molecule has 0 bridgehead atoms. The number of hydrogen-bond donors (Lipinski definition) is 0. The Bertz CT molecular complexity index is 451. The molecule has 1 aliphatic rings. The predicted molar refractivity (Wildman–Crippen MR) is 84.8 cm³/mol. The topological polar surface area (TPSA) is 23.6 Å². The molecule has 2 rings (SSSR count). The van der Waals surface area contributed by atoms with Crippen LogP contribution in [0.1, 0.15) is 26.2 Å².